The van der Waals surface area contributed by atoms with E-state index in [-0.39, 0.29) is 24.3 Å². The van der Waals surface area contributed by atoms with Crippen LogP contribution in [-0.4, -0.2) is 11.9 Å². The minimum absolute atomic E-state index is 0.157. The van der Waals surface area contributed by atoms with Crippen LogP contribution in [0.3, 0.4) is 0 Å². The lowest BCUT2D eigenvalue weighted by molar-refractivity contribution is -0.116. The van der Waals surface area contributed by atoms with Crippen LogP contribution >= 0.6 is 23.2 Å². The highest BCUT2D eigenvalue weighted by Crippen LogP contribution is 2.25. The Kier molecular flexibility index (Phi) is 5.25. The molecule has 0 aliphatic rings. The summed E-state index contributed by atoms with van der Waals surface area (Å²) in [5.74, 6) is 0.103. The van der Waals surface area contributed by atoms with Gasteiger partial charge in [0.25, 0.3) is 0 Å². The van der Waals surface area contributed by atoms with Gasteiger partial charge in [0.05, 0.1) is 10.7 Å². The predicted molar refractivity (Wildman–Crippen MR) is 72.5 cm³/mol. The topological polar surface area (TPSA) is 55.1 Å². The van der Waals surface area contributed by atoms with Crippen LogP contribution in [0.5, 0.6) is 0 Å². The van der Waals surface area contributed by atoms with Crippen molar-refractivity contribution >= 4 is 34.8 Å². The fraction of sp³-hybridized carbons (Fsp3) is 0.417. The second kappa shape index (κ2) is 6.24. The molecule has 1 atom stereocenters. The Bertz CT molecular complexity index is 407. The highest BCUT2D eigenvalue weighted by Gasteiger charge is 2.14. The van der Waals surface area contributed by atoms with Gasteiger partial charge in [-0.2, -0.15) is 0 Å². The number of nitrogens with one attached hydrogen (secondary N) is 1. The molecule has 1 amide bonds. The normalized spacial score (nSPS) is 12.6. The lowest BCUT2D eigenvalue weighted by Gasteiger charge is -2.15. The zero-order valence-electron chi connectivity index (χ0n) is 9.84. The van der Waals surface area contributed by atoms with Crippen molar-refractivity contribution in [1.29, 1.82) is 0 Å². The zero-order valence-corrected chi connectivity index (χ0v) is 11.3. The smallest absolute Gasteiger partial charge is 0.225 e. The largest absolute Gasteiger partial charge is 0.327 e. The van der Waals surface area contributed by atoms with E-state index in [4.69, 9.17) is 28.9 Å². The molecular formula is C12H16Cl2N2O. The highest BCUT2D eigenvalue weighted by molar-refractivity contribution is 6.35. The number of hydrogen-bond donors (Lipinski definition) is 2. The van der Waals surface area contributed by atoms with Crippen LogP contribution in [0.15, 0.2) is 18.2 Å². The Balaban J connectivity index is 2.65. The van der Waals surface area contributed by atoms with Crippen molar-refractivity contribution in [3.8, 4) is 0 Å². The van der Waals surface area contributed by atoms with E-state index in [1.807, 2.05) is 13.8 Å². The first-order chi connectivity index (χ1) is 7.90. The van der Waals surface area contributed by atoms with Gasteiger partial charge in [0.1, 0.15) is 0 Å². The maximum absolute atomic E-state index is 11.7. The zero-order chi connectivity index (χ0) is 13.0. The molecule has 0 fully saturated rings. The molecule has 0 spiro atoms. The van der Waals surface area contributed by atoms with Crippen molar-refractivity contribution in [2.75, 3.05) is 5.32 Å². The first kappa shape index (κ1) is 14.3. The SMILES string of the molecule is CC(C)C(N)CC(=O)Nc1cc(Cl)ccc1Cl. The van der Waals surface area contributed by atoms with E-state index in [0.717, 1.165) is 0 Å². The van der Waals surface area contributed by atoms with Gasteiger partial charge in [-0.05, 0) is 24.1 Å². The summed E-state index contributed by atoms with van der Waals surface area (Å²) >= 11 is 11.8. The van der Waals surface area contributed by atoms with Gasteiger partial charge in [0.15, 0.2) is 0 Å². The van der Waals surface area contributed by atoms with Crippen molar-refractivity contribution in [3.63, 3.8) is 0 Å². The van der Waals surface area contributed by atoms with Crippen molar-refractivity contribution in [2.24, 2.45) is 11.7 Å². The molecule has 1 rings (SSSR count). The summed E-state index contributed by atoms with van der Waals surface area (Å²) in [6.45, 7) is 3.95. The molecule has 1 unspecified atom stereocenters. The van der Waals surface area contributed by atoms with Crippen molar-refractivity contribution in [1.82, 2.24) is 0 Å². The van der Waals surface area contributed by atoms with Crippen LogP contribution < -0.4 is 11.1 Å². The molecule has 1 aromatic rings. The van der Waals surface area contributed by atoms with Gasteiger partial charge < -0.3 is 11.1 Å². The fourth-order valence-corrected chi connectivity index (χ4v) is 1.58. The number of nitrogens with two attached hydrogens (primary N) is 1. The number of hydrogen-bond acceptors (Lipinski definition) is 2. The summed E-state index contributed by atoms with van der Waals surface area (Å²) in [6.07, 6.45) is 0.264. The molecule has 3 N–H and O–H groups in total. The van der Waals surface area contributed by atoms with E-state index in [1.54, 1.807) is 18.2 Å². The van der Waals surface area contributed by atoms with E-state index in [9.17, 15) is 4.79 Å². The molecule has 94 valence electrons. The third-order valence-electron chi connectivity index (χ3n) is 2.48. The predicted octanol–water partition coefficient (Wildman–Crippen LogP) is 3.31. The molecule has 0 aromatic heterocycles. The number of carbonyl (C=O) groups is 1. The summed E-state index contributed by atoms with van der Waals surface area (Å²) in [5, 5.41) is 3.69. The van der Waals surface area contributed by atoms with Crippen LogP contribution in [0, 0.1) is 5.92 Å². The number of amides is 1. The molecule has 0 heterocycles. The molecule has 0 radical (unpaired) electrons. The third kappa shape index (κ3) is 4.54. The second-order valence-corrected chi connectivity index (χ2v) is 5.13. The minimum Gasteiger partial charge on any atom is -0.327 e. The lowest BCUT2D eigenvalue weighted by Crippen LogP contribution is -2.31. The van der Waals surface area contributed by atoms with E-state index in [2.05, 4.69) is 5.32 Å². The third-order valence-corrected chi connectivity index (χ3v) is 3.04. The Hall–Kier alpha value is -0.770. The molecule has 1 aromatic carbocycles. The fourth-order valence-electron chi connectivity index (χ4n) is 1.24. The van der Waals surface area contributed by atoms with Crippen LogP contribution in [0.4, 0.5) is 5.69 Å². The van der Waals surface area contributed by atoms with Gasteiger partial charge in [0.2, 0.25) is 5.91 Å². The summed E-state index contributed by atoms with van der Waals surface area (Å²) in [6, 6.07) is 4.76. The molecule has 17 heavy (non-hydrogen) atoms. The number of halogens is 2. The standard InChI is InChI=1S/C12H16Cl2N2O/c1-7(2)10(15)6-12(17)16-11-5-8(13)3-4-9(11)14/h3-5,7,10H,6,15H2,1-2H3,(H,16,17). The molecule has 0 bridgehead atoms. The minimum atomic E-state index is -0.159. The quantitative estimate of drug-likeness (QED) is 0.885. The van der Waals surface area contributed by atoms with Gasteiger partial charge in [-0.15, -0.1) is 0 Å². The summed E-state index contributed by atoms with van der Waals surface area (Å²) in [4.78, 5) is 11.7. The summed E-state index contributed by atoms with van der Waals surface area (Å²) in [5.41, 5.74) is 6.33. The first-order valence-corrected chi connectivity index (χ1v) is 6.16. The monoisotopic (exact) mass is 274 g/mol. The second-order valence-electron chi connectivity index (χ2n) is 4.28. The van der Waals surface area contributed by atoms with E-state index >= 15 is 0 Å². The Morgan fingerprint density at radius 2 is 2.06 bits per heavy atom. The van der Waals surface area contributed by atoms with E-state index in [0.29, 0.717) is 15.7 Å². The van der Waals surface area contributed by atoms with Gasteiger partial charge in [-0.3, -0.25) is 4.79 Å². The number of rotatable bonds is 4. The van der Waals surface area contributed by atoms with Crippen molar-refractivity contribution in [3.05, 3.63) is 28.2 Å². The van der Waals surface area contributed by atoms with Gasteiger partial charge in [-0.25, -0.2) is 0 Å². The van der Waals surface area contributed by atoms with E-state index in [1.165, 1.54) is 0 Å². The van der Waals surface area contributed by atoms with Crippen LogP contribution in [0.25, 0.3) is 0 Å². The van der Waals surface area contributed by atoms with Crippen LogP contribution in [-0.2, 0) is 4.79 Å². The maximum atomic E-state index is 11.7. The van der Waals surface area contributed by atoms with Gasteiger partial charge in [-0.1, -0.05) is 37.0 Å². The average molecular weight is 275 g/mol. The number of anilines is 1. The molecule has 0 aliphatic carbocycles. The molecule has 0 aliphatic heterocycles. The lowest BCUT2D eigenvalue weighted by atomic mass is 10.0. The Morgan fingerprint density at radius 1 is 1.41 bits per heavy atom. The summed E-state index contributed by atoms with van der Waals surface area (Å²) in [7, 11) is 0. The summed E-state index contributed by atoms with van der Waals surface area (Å²) < 4.78 is 0. The number of benzene rings is 1. The van der Waals surface area contributed by atoms with Crippen LogP contribution in [0.1, 0.15) is 20.3 Å². The van der Waals surface area contributed by atoms with Crippen LogP contribution in [0.2, 0.25) is 10.0 Å². The first-order valence-electron chi connectivity index (χ1n) is 5.40. The van der Waals surface area contributed by atoms with Gasteiger partial charge >= 0.3 is 0 Å². The molecule has 0 saturated carbocycles. The van der Waals surface area contributed by atoms with E-state index < -0.39 is 0 Å². The molecule has 0 saturated heterocycles. The maximum Gasteiger partial charge on any atom is 0.225 e. The van der Waals surface area contributed by atoms with Crippen molar-refractivity contribution in [2.45, 2.75) is 26.3 Å². The number of carbonyl (C=O) groups excluding carboxylic acids is 1. The average Bonchev–Trinajstić information content (AvgIpc) is 2.23. The van der Waals surface area contributed by atoms with Gasteiger partial charge in [0, 0.05) is 17.5 Å². The van der Waals surface area contributed by atoms with Crippen molar-refractivity contribution < 1.29 is 4.79 Å². The Morgan fingerprint density at radius 3 is 2.65 bits per heavy atom. The Labute approximate surface area is 111 Å². The molecule has 5 heteroatoms. The highest BCUT2D eigenvalue weighted by atomic mass is 35.5. The molecule has 3 nitrogen and oxygen atoms in total. The molecular weight excluding hydrogens is 259 g/mol.